The Morgan fingerprint density at radius 1 is 1.08 bits per heavy atom. The van der Waals surface area contributed by atoms with E-state index in [0.29, 0.717) is 40.7 Å². The van der Waals surface area contributed by atoms with Crippen molar-refractivity contribution < 1.29 is 23.0 Å². The number of nitrogens with zero attached hydrogens (tertiary/aromatic N) is 4. The highest BCUT2D eigenvalue weighted by Gasteiger charge is 2.19. The summed E-state index contributed by atoms with van der Waals surface area (Å²) in [5, 5.41) is 9.97. The summed E-state index contributed by atoms with van der Waals surface area (Å²) in [5.41, 5.74) is 2.67. The molecule has 0 atom stereocenters. The van der Waals surface area contributed by atoms with Crippen LogP contribution in [0.4, 0.5) is 0 Å². The zero-order valence-electron chi connectivity index (χ0n) is 20.8. The Kier molecular flexibility index (Phi) is 7.55. The lowest BCUT2D eigenvalue weighted by molar-refractivity contribution is 0.0909. The molecule has 0 amide bonds. The second-order valence-corrected chi connectivity index (χ2v) is 17.3. The molecule has 0 fully saturated rings. The van der Waals surface area contributed by atoms with Crippen molar-refractivity contribution in [1.29, 1.82) is 0 Å². The third kappa shape index (κ3) is 6.16. The molecule has 9 nitrogen and oxygen atoms in total. The van der Waals surface area contributed by atoms with Gasteiger partial charge in [0.1, 0.15) is 23.9 Å². The molecular weight excluding hydrogens is 496 g/mol. The second-order valence-electron chi connectivity index (χ2n) is 9.74. The highest BCUT2D eigenvalue weighted by atomic mass is 32.2. The first kappa shape index (κ1) is 26.0. The maximum absolute atomic E-state index is 11.7. The Balaban J connectivity index is 1.73. The minimum absolute atomic E-state index is 0.0405. The topological polar surface area (TPSA) is 116 Å². The van der Waals surface area contributed by atoms with E-state index in [4.69, 9.17) is 14.5 Å². The largest absolute Gasteiger partial charge is 0.455 e. The molecule has 0 aliphatic rings. The number of ether oxygens (including phenoxy) is 2. The number of benzene rings is 1. The van der Waals surface area contributed by atoms with Gasteiger partial charge >= 0.3 is 0 Å². The first-order valence-corrected chi connectivity index (χ1v) is 17.1. The fourth-order valence-corrected chi connectivity index (χ4v) is 4.86. The van der Waals surface area contributed by atoms with Gasteiger partial charge in [-0.1, -0.05) is 25.7 Å². The van der Waals surface area contributed by atoms with Crippen molar-refractivity contribution >= 4 is 28.9 Å². The van der Waals surface area contributed by atoms with Crippen molar-refractivity contribution in [3.8, 4) is 23.0 Å². The van der Waals surface area contributed by atoms with E-state index in [1.54, 1.807) is 18.3 Å². The number of fused-ring (bicyclic) bond motifs is 1. The molecule has 36 heavy (non-hydrogen) atoms. The van der Waals surface area contributed by atoms with E-state index in [-0.39, 0.29) is 18.4 Å². The Hall–Kier alpha value is -3.12. The molecule has 4 aromatic rings. The molecule has 0 saturated heterocycles. The van der Waals surface area contributed by atoms with Gasteiger partial charge in [0, 0.05) is 38.8 Å². The van der Waals surface area contributed by atoms with Gasteiger partial charge in [-0.2, -0.15) is 0 Å². The summed E-state index contributed by atoms with van der Waals surface area (Å²) < 4.78 is 37.4. The number of pyridine rings is 2. The summed E-state index contributed by atoms with van der Waals surface area (Å²) in [6, 6.07) is 13.2. The molecule has 190 valence electrons. The number of sulfone groups is 1. The molecule has 0 saturated carbocycles. The van der Waals surface area contributed by atoms with Crippen LogP contribution in [-0.2, 0) is 27.9 Å². The fraction of sp³-hybridized carbons (Fsp3) is 0.320. The lowest BCUT2D eigenvalue weighted by Crippen LogP contribution is -2.22. The molecule has 0 radical (unpaired) electrons. The average molecular weight is 527 g/mol. The molecule has 0 spiro atoms. The quantitative estimate of drug-likeness (QED) is 0.237. The van der Waals surface area contributed by atoms with E-state index in [1.807, 2.05) is 22.8 Å². The zero-order valence-corrected chi connectivity index (χ0v) is 22.6. The van der Waals surface area contributed by atoms with Gasteiger partial charge in [0.05, 0.1) is 23.8 Å². The normalized spacial score (nSPS) is 12.2. The van der Waals surface area contributed by atoms with E-state index in [0.717, 1.165) is 17.8 Å². The molecule has 1 aromatic carbocycles. The summed E-state index contributed by atoms with van der Waals surface area (Å²) >= 11 is 0. The SMILES string of the molecule is C[Si](C)(C)CCOCn1c(-c2ccccn2)nc2cc(CO)c(Oc3ccc(S(C)(=O)=O)nc3)cc21. The smallest absolute Gasteiger partial charge is 0.192 e. The lowest BCUT2D eigenvalue weighted by atomic mass is 10.2. The second kappa shape index (κ2) is 10.5. The highest BCUT2D eigenvalue weighted by Crippen LogP contribution is 2.33. The van der Waals surface area contributed by atoms with Crippen molar-refractivity contribution in [2.24, 2.45) is 0 Å². The van der Waals surface area contributed by atoms with Crippen LogP contribution in [0.1, 0.15) is 5.56 Å². The molecule has 11 heteroatoms. The Labute approximate surface area is 211 Å². The number of imidazole rings is 1. The molecule has 3 aromatic heterocycles. The molecule has 4 rings (SSSR count). The van der Waals surface area contributed by atoms with E-state index in [2.05, 4.69) is 29.6 Å². The van der Waals surface area contributed by atoms with Crippen LogP contribution in [0.15, 0.2) is 59.9 Å². The Bertz CT molecular complexity index is 1450. The molecule has 3 heterocycles. The highest BCUT2D eigenvalue weighted by molar-refractivity contribution is 7.90. The summed E-state index contributed by atoms with van der Waals surface area (Å²) in [7, 11) is -4.66. The third-order valence-corrected chi connectivity index (χ3v) is 8.23. The van der Waals surface area contributed by atoms with E-state index in [1.165, 1.54) is 18.3 Å². The number of hydrogen-bond acceptors (Lipinski definition) is 8. The standard InChI is InChI=1S/C25H30N4O5SSi/c1-35(31,32)24-9-8-19(15-27-24)34-23-14-22-21(13-18(23)16-30)28-25(20-7-5-6-10-26-20)29(22)17-33-11-12-36(2,3)4/h5-10,13-15,30H,11-12,16-17H2,1-4H3. The zero-order chi connectivity index (χ0) is 25.9. The van der Waals surface area contributed by atoms with Gasteiger partial charge < -0.3 is 14.6 Å². The lowest BCUT2D eigenvalue weighted by Gasteiger charge is -2.16. The predicted molar refractivity (Wildman–Crippen MR) is 140 cm³/mol. The summed E-state index contributed by atoms with van der Waals surface area (Å²) in [5.74, 6) is 1.41. The van der Waals surface area contributed by atoms with Gasteiger partial charge in [-0.15, -0.1) is 0 Å². The molecule has 0 aliphatic carbocycles. The van der Waals surface area contributed by atoms with E-state index in [9.17, 15) is 13.5 Å². The van der Waals surface area contributed by atoms with Gasteiger partial charge in [0.25, 0.3) is 0 Å². The van der Waals surface area contributed by atoms with Crippen molar-refractivity contribution in [2.75, 3.05) is 12.9 Å². The van der Waals surface area contributed by atoms with E-state index >= 15 is 0 Å². The van der Waals surface area contributed by atoms with Crippen molar-refractivity contribution in [3.05, 3.63) is 60.4 Å². The van der Waals surface area contributed by atoms with Gasteiger partial charge in [0.15, 0.2) is 20.7 Å². The van der Waals surface area contributed by atoms with Crippen LogP contribution in [0.25, 0.3) is 22.6 Å². The van der Waals surface area contributed by atoms with E-state index < -0.39 is 17.9 Å². The average Bonchev–Trinajstić information content (AvgIpc) is 3.18. The van der Waals surface area contributed by atoms with Crippen molar-refractivity contribution in [1.82, 2.24) is 19.5 Å². The first-order valence-electron chi connectivity index (χ1n) is 11.5. The van der Waals surface area contributed by atoms with Gasteiger partial charge in [0.2, 0.25) is 0 Å². The summed E-state index contributed by atoms with van der Waals surface area (Å²) in [4.78, 5) is 13.2. The van der Waals surface area contributed by atoms with Crippen LogP contribution in [0.2, 0.25) is 25.7 Å². The monoisotopic (exact) mass is 526 g/mol. The maximum Gasteiger partial charge on any atom is 0.192 e. The third-order valence-electron chi connectivity index (χ3n) is 5.53. The molecule has 0 aliphatic heterocycles. The van der Waals surface area contributed by atoms with Crippen LogP contribution in [0.3, 0.4) is 0 Å². The summed E-state index contributed by atoms with van der Waals surface area (Å²) in [6.45, 7) is 7.58. The van der Waals surface area contributed by atoms with Crippen molar-refractivity contribution in [2.45, 2.75) is 44.0 Å². The van der Waals surface area contributed by atoms with Crippen LogP contribution in [0.5, 0.6) is 11.5 Å². The van der Waals surface area contributed by atoms with Crippen LogP contribution >= 0.6 is 0 Å². The molecule has 0 unspecified atom stereocenters. The summed E-state index contributed by atoms with van der Waals surface area (Å²) in [6.07, 6.45) is 4.16. The van der Waals surface area contributed by atoms with Crippen molar-refractivity contribution in [3.63, 3.8) is 0 Å². The number of rotatable bonds is 10. The van der Waals surface area contributed by atoms with Crippen LogP contribution in [-0.4, -0.2) is 54.0 Å². The van der Waals surface area contributed by atoms with Gasteiger partial charge in [-0.25, -0.2) is 18.4 Å². The van der Waals surface area contributed by atoms with Gasteiger partial charge in [-0.05, 0) is 36.4 Å². The Morgan fingerprint density at radius 3 is 2.50 bits per heavy atom. The van der Waals surface area contributed by atoms with Crippen LogP contribution < -0.4 is 4.74 Å². The molecule has 1 N–H and O–H groups in total. The van der Waals surface area contributed by atoms with Crippen LogP contribution in [0, 0.1) is 0 Å². The predicted octanol–water partition coefficient (Wildman–Crippen LogP) is 4.49. The number of aromatic nitrogens is 4. The molecular formula is C25H30N4O5SSi. The first-order chi connectivity index (χ1) is 17.0. The fourth-order valence-electron chi connectivity index (χ4n) is 3.54. The Morgan fingerprint density at radius 2 is 1.89 bits per heavy atom. The minimum Gasteiger partial charge on any atom is -0.455 e. The number of aliphatic hydroxyl groups is 1. The number of aliphatic hydroxyl groups excluding tert-OH is 1. The minimum atomic E-state index is -3.42. The van der Waals surface area contributed by atoms with Gasteiger partial charge in [-0.3, -0.25) is 9.55 Å². The molecule has 0 bridgehead atoms. The number of hydrogen-bond donors (Lipinski definition) is 1. The maximum atomic E-state index is 11.7.